The first kappa shape index (κ1) is 16.3. The summed E-state index contributed by atoms with van der Waals surface area (Å²) in [5.41, 5.74) is 0.539. The molecule has 20 heavy (non-hydrogen) atoms. The number of nitrogens with zero attached hydrogens (tertiary/aromatic N) is 2. The molecule has 7 heteroatoms. The Labute approximate surface area is 122 Å². The number of nitro groups is 1. The summed E-state index contributed by atoms with van der Waals surface area (Å²) in [6.07, 6.45) is 1.96. The van der Waals surface area contributed by atoms with Crippen LogP contribution in [-0.4, -0.2) is 34.5 Å². The van der Waals surface area contributed by atoms with Crippen LogP contribution < -0.4 is 5.32 Å². The van der Waals surface area contributed by atoms with Crippen molar-refractivity contribution >= 4 is 29.2 Å². The second-order valence-corrected chi connectivity index (χ2v) is 5.67. The van der Waals surface area contributed by atoms with Gasteiger partial charge in [-0.05, 0) is 24.3 Å². The van der Waals surface area contributed by atoms with E-state index < -0.39 is 4.92 Å². The fraction of sp³-hybridized carbons (Fsp3) is 0.462. The molecule has 110 valence electrons. The van der Waals surface area contributed by atoms with Gasteiger partial charge in [-0.15, -0.1) is 11.8 Å². The van der Waals surface area contributed by atoms with Crippen LogP contribution in [0.1, 0.15) is 13.8 Å². The number of nitro benzene ring substituents is 1. The van der Waals surface area contributed by atoms with Crippen molar-refractivity contribution < 1.29 is 9.72 Å². The Bertz CT molecular complexity index is 476. The Morgan fingerprint density at radius 1 is 1.35 bits per heavy atom. The van der Waals surface area contributed by atoms with Crippen molar-refractivity contribution in [2.45, 2.75) is 19.2 Å². The van der Waals surface area contributed by atoms with Gasteiger partial charge in [0.25, 0.3) is 5.69 Å². The Morgan fingerprint density at radius 2 is 1.90 bits per heavy atom. The third-order valence-corrected chi connectivity index (χ3v) is 4.19. The molecule has 1 rings (SSSR count). The average Bonchev–Trinajstić information content (AvgIpc) is 2.39. The molecule has 0 heterocycles. The summed E-state index contributed by atoms with van der Waals surface area (Å²) in [5.74, 6) is 0.331. The Hall–Kier alpha value is -1.76. The molecule has 0 fully saturated rings. The van der Waals surface area contributed by atoms with E-state index in [4.69, 9.17) is 0 Å². The Morgan fingerprint density at radius 3 is 2.30 bits per heavy atom. The van der Waals surface area contributed by atoms with Gasteiger partial charge in [0.05, 0.1) is 10.3 Å². The van der Waals surface area contributed by atoms with Crippen LogP contribution in [0.5, 0.6) is 0 Å². The lowest BCUT2D eigenvalue weighted by Gasteiger charge is -2.29. The van der Waals surface area contributed by atoms with Crippen LogP contribution in [-0.2, 0) is 0 Å². The van der Waals surface area contributed by atoms with Gasteiger partial charge in [-0.1, -0.05) is 13.8 Å². The first-order chi connectivity index (χ1) is 9.36. The normalized spacial score (nSPS) is 12.1. The van der Waals surface area contributed by atoms with E-state index in [0.717, 1.165) is 0 Å². The van der Waals surface area contributed by atoms with Gasteiger partial charge >= 0.3 is 6.03 Å². The molecule has 2 amide bonds. The van der Waals surface area contributed by atoms with Gasteiger partial charge < -0.3 is 10.2 Å². The van der Waals surface area contributed by atoms with Crippen molar-refractivity contribution in [2.75, 3.05) is 18.6 Å². The SMILES string of the molecule is CSC(C(C)C)N(C)C(=O)Nc1ccc([N+](=O)[O-])cc1. The van der Waals surface area contributed by atoms with E-state index in [9.17, 15) is 14.9 Å². The Balaban J connectivity index is 2.72. The van der Waals surface area contributed by atoms with Gasteiger partial charge in [0.15, 0.2) is 0 Å². The van der Waals surface area contributed by atoms with Crippen molar-refractivity contribution in [2.24, 2.45) is 5.92 Å². The molecule has 0 spiro atoms. The van der Waals surface area contributed by atoms with Crippen LogP contribution in [0.25, 0.3) is 0 Å². The summed E-state index contributed by atoms with van der Waals surface area (Å²) in [7, 11) is 1.74. The van der Waals surface area contributed by atoms with Crippen LogP contribution in [0.4, 0.5) is 16.2 Å². The summed E-state index contributed by atoms with van der Waals surface area (Å²) < 4.78 is 0. The van der Waals surface area contributed by atoms with Crippen LogP contribution in [0, 0.1) is 16.0 Å². The molecule has 1 aromatic carbocycles. The van der Waals surface area contributed by atoms with E-state index in [1.54, 1.807) is 23.7 Å². The number of carbonyl (C=O) groups excluding carboxylic acids is 1. The zero-order chi connectivity index (χ0) is 15.3. The van der Waals surface area contributed by atoms with Gasteiger partial charge in [0.2, 0.25) is 0 Å². The summed E-state index contributed by atoms with van der Waals surface area (Å²) >= 11 is 1.61. The van der Waals surface area contributed by atoms with E-state index in [2.05, 4.69) is 19.2 Å². The fourth-order valence-corrected chi connectivity index (χ4v) is 2.83. The first-order valence-electron chi connectivity index (χ1n) is 6.18. The highest BCUT2D eigenvalue weighted by Crippen LogP contribution is 2.21. The van der Waals surface area contributed by atoms with Crippen molar-refractivity contribution in [3.63, 3.8) is 0 Å². The predicted molar refractivity (Wildman–Crippen MR) is 82.0 cm³/mol. The van der Waals surface area contributed by atoms with E-state index in [0.29, 0.717) is 11.6 Å². The number of carbonyl (C=O) groups is 1. The minimum atomic E-state index is -0.472. The molecule has 0 aliphatic heterocycles. The van der Waals surface area contributed by atoms with Crippen molar-refractivity contribution in [1.82, 2.24) is 4.90 Å². The first-order valence-corrected chi connectivity index (χ1v) is 7.46. The van der Waals surface area contributed by atoms with E-state index >= 15 is 0 Å². The van der Waals surface area contributed by atoms with Gasteiger partial charge in [-0.2, -0.15) is 0 Å². The van der Waals surface area contributed by atoms with Crippen LogP contribution in [0.3, 0.4) is 0 Å². The molecule has 1 atom stereocenters. The molecular formula is C13H19N3O3S. The topological polar surface area (TPSA) is 75.5 Å². The summed E-state index contributed by atoms with van der Waals surface area (Å²) in [6, 6.07) is 5.54. The molecular weight excluding hydrogens is 278 g/mol. The predicted octanol–water partition coefficient (Wildman–Crippen LogP) is 3.40. The number of rotatable bonds is 5. The number of benzene rings is 1. The standard InChI is InChI=1S/C13H19N3O3S/c1-9(2)12(20-4)15(3)13(17)14-10-5-7-11(8-6-10)16(18)19/h5-9,12H,1-4H3,(H,14,17). The molecule has 0 aromatic heterocycles. The largest absolute Gasteiger partial charge is 0.322 e. The molecule has 0 aliphatic carbocycles. The van der Waals surface area contributed by atoms with Gasteiger partial charge in [0, 0.05) is 24.9 Å². The number of nitrogens with one attached hydrogen (secondary N) is 1. The fourth-order valence-electron chi connectivity index (χ4n) is 1.87. The zero-order valence-corrected chi connectivity index (χ0v) is 12.8. The minimum Gasteiger partial charge on any atom is -0.315 e. The molecule has 6 nitrogen and oxygen atoms in total. The van der Waals surface area contributed by atoms with Crippen molar-refractivity contribution in [3.8, 4) is 0 Å². The quantitative estimate of drug-likeness (QED) is 0.513. The lowest BCUT2D eigenvalue weighted by Crippen LogP contribution is -2.40. The van der Waals surface area contributed by atoms with Gasteiger partial charge in [-0.25, -0.2) is 4.79 Å². The van der Waals surface area contributed by atoms with E-state index in [1.807, 2.05) is 6.26 Å². The smallest absolute Gasteiger partial charge is 0.315 e. The third-order valence-electron chi connectivity index (χ3n) is 2.84. The highest BCUT2D eigenvalue weighted by Gasteiger charge is 2.22. The van der Waals surface area contributed by atoms with Crippen molar-refractivity contribution in [1.29, 1.82) is 0 Å². The maximum Gasteiger partial charge on any atom is 0.322 e. The van der Waals surface area contributed by atoms with Crippen molar-refractivity contribution in [3.05, 3.63) is 34.4 Å². The molecule has 0 saturated carbocycles. The van der Waals surface area contributed by atoms with Gasteiger partial charge in [0.1, 0.15) is 0 Å². The average molecular weight is 297 g/mol. The number of urea groups is 1. The Kier molecular flexibility index (Phi) is 5.82. The number of anilines is 1. The maximum atomic E-state index is 12.1. The highest BCUT2D eigenvalue weighted by atomic mass is 32.2. The molecule has 0 aliphatic rings. The summed E-state index contributed by atoms with van der Waals surface area (Å²) in [4.78, 5) is 23.8. The van der Waals surface area contributed by atoms with E-state index in [-0.39, 0.29) is 17.1 Å². The minimum absolute atomic E-state index is 0.000485. The van der Waals surface area contributed by atoms with E-state index in [1.165, 1.54) is 24.3 Å². The van der Waals surface area contributed by atoms with Crippen LogP contribution in [0.2, 0.25) is 0 Å². The number of amides is 2. The third kappa shape index (κ3) is 4.12. The molecule has 1 unspecified atom stereocenters. The molecule has 0 radical (unpaired) electrons. The lowest BCUT2D eigenvalue weighted by atomic mass is 10.2. The second kappa shape index (κ2) is 7.14. The lowest BCUT2D eigenvalue weighted by molar-refractivity contribution is -0.384. The highest BCUT2D eigenvalue weighted by molar-refractivity contribution is 7.99. The van der Waals surface area contributed by atoms with Gasteiger partial charge in [-0.3, -0.25) is 10.1 Å². The number of hydrogen-bond acceptors (Lipinski definition) is 4. The molecule has 1 N–H and O–H groups in total. The van der Waals surface area contributed by atoms with Crippen LogP contribution >= 0.6 is 11.8 Å². The number of hydrogen-bond donors (Lipinski definition) is 1. The maximum absolute atomic E-state index is 12.1. The molecule has 0 bridgehead atoms. The monoisotopic (exact) mass is 297 g/mol. The second-order valence-electron chi connectivity index (χ2n) is 4.72. The van der Waals surface area contributed by atoms with Crippen LogP contribution in [0.15, 0.2) is 24.3 Å². The number of non-ortho nitro benzene ring substituents is 1. The zero-order valence-electron chi connectivity index (χ0n) is 12.0. The summed E-state index contributed by atoms with van der Waals surface area (Å²) in [5, 5.41) is 13.4. The molecule has 1 aromatic rings. The molecule has 0 saturated heterocycles. The summed E-state index contributed by atoms with van der Waals surface area (Å²) in [6.45, 7) is 4.10. The number of thioether (sulfide) groups is 1.